The minimum Gasteiger partial charge on any atom is -0.349 e. The Kier molecular flexibility index (Phi) is 4.07. The van der Waals surface area contributed by atoms with Gasteiger partial charge >= 0.3 is 0 Å². The molecule has 0 radical (unpaired) electrons. The maximum absolute atomic E-state index is 12.4. The highest BCUT2D eigenvalue weighted by molar-refractivity contribution is 7.18. The topological polar surface area (TPSA) is 45.2 Å². The number of rotatable bonds is 4. The van der Waals surface area contributed by atoms with E-state index in [1.807, 2.05) is 18.2 Å². The fourth-order valence-corrected chi connectivity index (χ4v) is 4.67. The number of likely N-dealkylation sites (tertiary alicyclic amines) is 1. The lowest BCUT2D eigenvalue weighted by Gasteiger charge is -2.37. The first-order valence-corrected chi connectivity index (χ1v) is 9.48. The molecule has 1 saturated carbocycles. The van der Waals surface area contributed by atoms with Crippen molar-refractivity contribution in [2.24, 2.45) is 0 Å². The van der Waals surface area contributed by atoms with Gasteiger partial charge in [-0.15, -0.1) is 11.3 Å². The maximum Gasteiger partial charge on any atom is 0.251 e. The van der Waals surface area contributed by atoms with Crippen LogP contribution < -0.4 is 5.32 Å². The number of carbonyl (C=O) groups excluding carboxylic acids is 1. The van der Waals surface area contributed by atoms with Crippen molar-refractivity contribution >= 4 is 27.5 Å². The lowest BCUT2D eigenvalue weighted by molar-refractivity contribution is 0.0938. The van der Waals surface area contributed by atoms with E-state index in [0.29, 0.717) is 12.0 Å². The molecule has 0 bridgehead atoms. The molecule has 1 N–H and O–H groups in total. The van der Waals surface area contributed by atoms with Crippen LogP contribution in [0.3, 0.4) is 0 Å². The molecule has 1 aromatic carbocycles. The lowest BCUT2D eigenvalue weighted by atomic mass is 10.0. The van der Waals surface area contributed by atoms with Crippen LogP contribution in [0.4, 0.5) is 0 Å². The van der Waals surface area contributed by atoms with Gasteiger partial charge < -0.3 is 10.2 Å². The molecule has 0 unspecified atom stereocenters. The van der Waals surface area contributed by atoms with Crippen LogP contribution in [0.1, 0.15) is 53.9 Å². The van der Waals surface area contributed by atoms with E-state index in [0.717, 1.165) is 48.3 Å². The molecule has 0 atom stereocenters. The van der Waals surface area contributed by atoms with Gasteiger partial charge in [-0.1, -0.05) is 19.8 Å². The van der Waals surface area contributed by atoms with E-state index in [1.54, 1.807) is 11.3 Å². The first-order valence-electron chi connectivity index (χ1n) is 8.66. The lowest BCUT2D eigenvalue weighted by Crippen LogP contribution is -2.44. The van der Waals surface area contributed by atoms with Crippen molar-refractivity contribution in [2.45, 2.75) is 44.6 Å². The fourth-order valence-electron chi connectivity index (χ4n) is 3.58. The van der Waals surface area contributed by atoms with Crippen LogP contribution in [-0.2, 0) is 0 Å². The monoisotopic (exact) mass is 329 g/mol. The van der Waals surface area contributed by atoms with Gasteiger partial charge in [-0.3, -0.25) is 4.79 Å². The number of amides is 1. The van der Waals surface area contributed by atoms with Crippen molar-refractivity contribution in [1.29, 1.82) is 0 Å². The van der Waals surface area contributed by atoms with Crippen LogP contribution in [0.25, 0.3) is 10.2 Å². The first-order chi connectivity index (χ1) is 11.2. The molecule has 1 saturated heterocycles. The van der Waals surface area contributed by atoms with E-state index < -0.39 is 0 Å². The van der Waals surface area contributed by atoms with Gasteiger partial charge in [0.15, 0.2) is 0 Å². The summed E-state index contributed by atoms with van der Waals surface area (Å²) in [5, 5.41) is 4.38. The van der Waals surface area contributed by atoms with E-state index in [2.05, 4.69) is 17.1 Å². The summed E-state index contributed by atoms with van der Waals surface area (Å²) in [5.41, 5.74) is 1.79. The zero-order chi connectivity index (χ0) is 15.8. The van der Waals surface area contributed by atoms with Crippen molar-refractivity contribution in [3.05, 3.63) is 28.8 Å². The minimum absolute atomic E-state index is 0.0644. The smallest absolute Gasteiger partial charge is 0.251 e. The molecular formula is C18H23N3OS. The maximum atomic E-state index is 12.4. The zero-order valence-corrected chi connectivity index (χ0v) is 14.4. The fraction of sp³-hybridized carbons (Fsp3) is 0.556. The number of benzene rings is 1. The summed E-state index contributed by atoms with van der Waals surface area (Å²) >= 11 is 1.75. The second-order valence-corrected chi connectivity index (χ2v) is 7.80. The molecule has 122 valence electrons. The number of nitrogens with zero attached hydrogens (tertiary/aromatic N) is 2. The van der Waals surface area contributed by atoms with Crippen LogP contribution in [0.15, 0.2) is 18.2 Å². The largest absolute Gasteiger partial charge is 0.349 e. The number of nitrogens with one attached hydrogen (secondary N) is 1. The highest BCUT2D eigenvalue weighted by Crippen LogP contribution is 2.33. The molecule has 4 rings (SSSR count). The van der Waals surface area contributed by atoms with Crippen molar-refractivity contribution < 1.29 is 4.79 Å². The molecule has 1 aromatic heterocycles. The second kappa shape index (κ2) is 6.21. The van der Waals surface area contributed by atoms with Crippen LogP contribution in [-0.4, -0.2) is 41.5 Å². The summed E-state index contributed by atoms with van der Waals surface area (Å²) < 4.78 is 1.13. The van der Waals surface area contributed by atoms with E-state index in [-0.39, 0.29) is 5.91 Å². The number of likely N-dealkylation sites (N-methyl/N-ethyl adjacent to an activating group) is 1. The Morgan fingerprint density at radius 3 is 2.87 bits per heavy atom. The predicted molar refractivity (Wildman–Crippen MR) is 94.2 cm³/mol. The molecule has 5 heteroatoms. The third-order valence-electron chi connectivity index (χ3n) is 5.11. The molecule has 2 heterocycles. The SMILES string of the molecule is CCN1CC(c2nc3ccc(C(=O)NC4CCCC4)cc3s2)C1. The Bertz CT molecular complexity index is 714. The highest BCUT2D eigenvalue weighted by atomic mass is 32.1. The summed E-state index contributed by atoms with van der Waals surface area (Å²) in [6, 6.07) is 6.28. The molecule has 23 heavy (non-hydrogen) atoms. The van der Waals surface area contributed by atoms with E-state index in [1.165, 1.54) is 17.8 Å². The molecule has 2 fully saturated rings. The van der Waals surface area contributed by atoms with Gasteiger partial charge in [0, 0.05) is 30.6 Å². The Balaban J connectivity index is 1.50. The zero-order valence-electron chi connectivity index (χ0n) is 13.5. The number of aromatic nitrogens is 1. The normalized spacial score (nSPS) is 20.0. The van der Waals surface area contributed by atoms with Gasteiger partial charge in [-0.05, 0) is 37.6 Å². The van der Waals surface area contributed by atoms with Gasteiger partial charge in [-0.25, -0.2) is 4.98 Å². The summed E-state index contributed by atoms with van der Waals surface area (Å²) in [6.45, 7) is 5.55. The number of fused-ring (bicyclic) bond motifs is 1. The molecule has 2 aromatic rings. The van der Waals surface area contributed by atoms with Crippen LogP contribution >= 0.6 is 11.3 Å². The third kappa shape index (κ3) is 3.00. The quantitative estimate of drug-likeness (QED) is 0.935. The van der Waals surface area contributed by atoms with E-state index in [9.17, 15) is 4.79 Å². The van der Waals surface area contributed by atoms with Crippen LogP contribution in [0, 0.1) is 0 Å². The Morgan fingerprint density at radius 1 is 1.35 bits per heavy atom. The molecule has 1 aliphatic heterocycles. The van der Waals surface area contributed by atoms with Gasteiger partial charge in [0.05, 0.1) is 15.2 Å². The van der Waals surface area contributed by atoms with Gasteiger partial charge in [-0.2, -0.15) is 0 Å². The average molecular weight is 329 g/mol. The molecule has 1 aliphatic carbocycles. The van der Waals surface area contributed by atoms with Crippen LogP contribution in [0.5, 0.6) is 0 Å². The Morgan fingerprint density at radius 2 is 2.13 bits per heavy atom. The van der Waals surface area contributed by atoms with Crippen molar-refractivity contribution in [3.8, 4) is 0 Å². The predicted octanol–water partition coefficient (Wildman–Crippen LogP) is 3.39. The van der Waals surface area contributed by atoms with E-state index >= 15 is 0 Å². The van der Waals surface area contributed by atoms with Crippen LogP contribution in [0.2, 0.25) is 0 Å². The van der Waals surface area contributed by atoms with Crippen molar-refractivity contribution in [2.75, 3.05) is 19.6 Å². The molecule has 0 spiro atoms. The van der Waals surface area contributed by atoms with E-state index in [4.69, 9.17) is 4.98 Å². The highest BCUT2D eigenvalue weighted by Gasteiger charge is 2.29. The number of carbonyl (C=O) groups is 1. The standard InChI is InChI=1S/C18H23N3OS/c1-2-21-10-13(11-21)18-20-15-8-7-12(9-16(15)23-18)17(22)19-14-5-3-4-6-14/h7-9,13-14H,2-6,10-11H2,1H3,(H,19,22). The van der Waals surface area contributed by atoms with Gasteiger partial charge in [0.2, 0.25) is 0 Å². The van der Waals surface area contributed by atoms with Crippen molar-refractivity contribution in [1.82, 2.24) is 15.2 Å². The van der Waals surface area contributed by atoms with Gasteiger partial charge in [0.1, 0.15) is 0 Å². The number of thiazole rings is 1. The molecular weight excluding hydrogens is 306 g/mol. The number of hydrogen-bond acceptors (Lipinski definition) is 4. The third-order valence-corrected chi connectivity index (χ3v) is 6.29. The minimum atomic E-state index is 0.0644. The second-order valence-electron chi connectivity index (χ2n) is 6.74. The summed E-state index contributed by atoms with van der Waals surface area (Å²) in [4.78, 5) is 19.6. The Labute approximate surface area is 140 Å². The Hall–Kier alpha value is -1.46. The number of hydrogen-bond donors (Lipinski definition) is 1. The molecule has 4 nitrogen and oxygen atoms in total. The summed E-state index contributed by atoms with van der Waals surface area (Å²) in [6.07, 6.45) is 4.71. The van der Waals surface area contributed by atoms with Gasteiger partial charge in [0.25, 0.3) is 5.91 Å². The molecule has 2 aliphatic rings. The van der Waals surface area contributed by atoms with Crippen molar-refractivity contribution in [3.63, 3.8) is 0 Å². The first kappa shape index (κ1) is 15.1. The average Bonchev–Trinajstić information content (AvgIpc) is 3.14. The molecule has 1 amide bonds. The summed E-state index contributed by atoms with van der Waals surface area (Å²) in [7, 11) is 0. The summed E-state index contributed by atoms with van der Waals surface area (Å²) in [5.74, 6) is 0.637.